The van der Waals surface area contributed by atoms with Crippen molar-refractivity contribution in [3.8, 4) is 23.0 Å². The summed E-state index contributed by atoms with van der Waals surface area (Å²) in [6, 6.07) is 9.02. The highest BCUT2D eigenvalue weighted by molar-refractivity contribution is 5.95. The topological polar surface area (TPSA) is 146 Å². The van der Waals surface area contributed by atoms with Gasteiger partial charge in [-0.15, -0.1) is 0 Å². The number of hydrogen-bond acceptors (Lipinski definition) is 9. The largest absolute Gasteiger partial charge is 0.493 e. The third-order valence-electron chi connectivity index (χ3n) is 5.68. The molecule has 2 aromatic rings. The van der Waals surface area contributed by atoms with Crippen molar-refractivity contribution in [1.82, 2.24) is 16.1 Å². The average molecular weight is 569 g/mol. The van der Waals surface area contributed by atoms with Gasteiger partial charge in [-0.2, -0.15) is 5.10 Å². The lowest BCUT2D eigenvalue weighted by Crippen LogP contribution is -2.45. The van der Waals surface area contributed by atoms with E-state index in [2.05, 4.69) is 21.2 Å². The zero-order chi connectivity index (χ0) is 29.9. The van der Waals surface area contributed by atoms with E-state index >= 15 is 0 Å². The van der Waals surface area contributed by atoms with Gasteiger partial charge in [0.25, 0.3) is 5.91 Å². The summed E-state index contributed by atoms with van der Waals surface area (Å²) in [5.74, 6) is 0.760. The predicted octanol–water partition coefficient (Wildman–Crippen LogP) is 3.60. The van der Waals surface area contributed by atoms with Crippen molar-refractivity contribution in [2.75, 3.05) is 26.9 Å². The summed E-state index contributed by atoms with van der Waals surface area (Å²) in [7, 11) is 1.44. The number of nitrogens with zero attached hydrogens (tertiary/aromatic N) is 1. The van der Waals surface area contributed by atoms with E-state index < -0.39 is 23.9 Å². The van der Waals surface area contributed by atoms with E-state index in [1.54, 1.807) is 50.2 Å². The summed E-state index contributed by atoms with van der Waals surface area (Å²) in [6.07, 6.45) is 1.48. The fraction of sp³-hybridized carbons (Fsp3) is 0.379. The first-order valence-electron chi connectivity index (χ1n) is 13.2. The number of hydrazone groups is 1. The van der Waals surface area contributed by atoms with Crippen molar-refractivity contribution in [2.24, 2.45) is 5.10 Å². The number of methoxy groups -OCH3 is 1. The van der Waals surface area contributed by atoms with Gasteiger partial charge in [-0.3, -0.25) is 4.79 Å². The first-order chi connectivity index (χ1) is 19.7. The Bertz CT molecular complexity index is 1320. The first-order valence-corrected chi connectivity index (χ1v) is 13.2. The van der Waals surface area contributed by atoms with Crippen molar-refractivity contribution < 1.29 is 38.1 Å². The molecule has 1 aliphatic rings. The molecule has 0 fully saturated rings. The molecule has 2 aromatic carbocycles. The Hall–Kier alpha value is -4.74. The molecule has 0 saturated carbocycles. The summed E-state index contributed by atoms with van der Waals surface area (Å²) >= 11 is 0. The molecule has 220 valence electrons. The predicted molar refractivity (Wildman–Crippen MR) is 151 cm³/mol. The number of carbonyl (C=O) groups excluding carboxylic acids is 3. The van der Waals surface area contributed by atoms with Gasteiger partial charge in [0.2, 0.25) is 0 Å². The van der Waals surface area contributed by atoms with Crippen LogP contribution in [0.4, 0.5) is 4.79 Å². The molecule has 3 amide bonds. The maximum Gasteiger partial charge on any atom is 0.338 e. The minimum atomic E-state index is -0.766. The van der Waals surface area contributed by atoms with E-state index in [0.29, 0.717) is 40.7 Å². The molecule has 3 rings (SSSR count). The van der Waals surface area contributed by atoms with Crippen LogP contribution < -0.4 is 35.0 Å². The van der Waals surface area contributed by atoms with Gasteiger partial charge in [-0.05, 0) is 76.1 Å². The summed E-state index contributed by atoms with van der Waals surface area (Å²) < 4.78 is 27.7. The van der Waals surface area contributed by atoms with Crippen molar-refractivity contribution in [2.45, 2.75) is 46.8 Å². The highest BCUT2D eigenvalue weighted by Crippen LogP contribution is 2.34. The monoisotopic (exact) mass is 568 g/mol. The Labute approximate surface area is 239 Å². The standard InChI is InChI=1S/C29H36N4O8/c1-7-38-24-13-19(9-11-22(24)41-17(3)4)15-30-33-25(34)16-40-21-12-10-20(14-23(21)37-6)27-26(28(35)39-8-2)18(5)31-29(36)32-27/h9-15,17,27H,7-8,16H2,1-6H3,(H,33,34)(H2,31,32,36)/b30-15+/t27-/m1/s1. The number of amides is 3. The van der Waals surface area contributed by atoms with E-state index in [-0.39, 0.29) is 30.6 Å². The van der Waals surface area contributed by atoms with E-state index in [4.69, 9.17) is 23.7 Å². The van der Waals surface area contributed by atoms with E-state index in [0.717, 1.165) is 0 Å². The number of carbonyl (C=O) groups is 3. The zero-order valence-electron chi connectivity index (χ0n) is 24.0. The van der Waals surface area contributed by atoms with Gasteiger partial charge >= 0.3 is 12.0 Å². The molecule has 0 radical (unpaired) electrons. The molecule has 1 atom stereocenters. The first kappa shape index (κ1) is 30.8. The Morgan fingerprint density at radius 2 is 1.78 bits per heavy atom. The van der Waals surface area contributed by atoms with Gasteiger partial charge in [0, 0.05) is 5.70 Å². The minimum absolute atomic E-state index is 0.00336. The Balaban J connectivity index is 1.66. The van der Waals surface area contributed by atoms with Gasteiger partial charge in [0.1, 0.15) is 0 Å². The van der Waals surface area contributed by atoms with Crippen molar-refractivity contribution >= 4 is 24.1 Å². The van der Waals surface area contributed by atoms with Crippen molar-refractivity contribution in [3.05, 3.63) is 58.8 Å². The maximum atomic E-state index is 12.6. The van der Waals surface area contributed by atoms with Crippen LogP contribution in [0, 0.1) is 0 Å². The molecule has 1 aliphatic heterocycles. The van der Waals surface area contributed by atoms with Crippen LogP contribution in [-0.2, 0) is 14.3 Å². The summed E-state index contributed by atoms with van der Waals surface area (Å²) in [6.45, 7) is 9.40. The number of urea groups is 1. The molecular formula is C29H36N4O8. The molecule has 3 N–H and O–H groups in total. The molecule has 0 spiro atoms. The number of nitrogens with one attached hydrogen (secondary N) is 3. The number of allylic oxidation sites excluding steroid dienone is 1. The van der Waals surface area contributed by atoms with Crippen LogP contribution in [0.3, 0.4) is 0 Å². The molecular weight excluding hydrogens is 532 g/mol. The molecule has 41 heavy (non-hydrogen) atoms. The lowest BCUT2D eigenvalue weighted by atomic mass is 9.95. The lowest BCUT2D eigenvalue weighted by Gasteiger charge is -2.28. The van der Waals surface area contributed by atoms with Gasteiger partial charge in [-0.25, -0.2) is 15.0 Å². The second kappa shape index (κ2) is 14.6. The third-order valence-corrected chi connectivity index (χ3v) is 5.68. The number of hydrogen-bond donors (Lipinski definition) is 3. The third kappa shape index (κ3) is 8.37. The zero-order valence-corrected chi connectivity index (χ0v) is 24.0. The second-order valence-electron chi connectivity index (χ2n) is 9.09. The molecule has 0 saturated heterocycles. The van der Waals surface area contributed by atoms with E-state index in [1.165, 1.54) is 13.3 Å². The molecule has 12 nitrogen and oxygen atoms in total. The molecule has 1 heterocycles. The van der Waals surface area contributed by atoms with Crippen molar-refractivity contribution in [1.29, 1.82) is 0 Å². The van der Waals surface area contributed by atoms with Crippen molar-refractivity contribution in [3.63, 3.8) is 0 Å². The Morgan fingerprint density at radius 1 is 1.02 bits per heavy atom. The minimum Gasteiger partial charge on any atom is -0.493 e. The molecule has 0 bridgehead atoms. The Kier molecular flexibility index (Phi) is 11.0. The molecule has 0 unspecified atom stereocenters. The molecule has 0 aliphatic carbocycles. The Morgan fingerprint density at radius 3 is 2.46 bits per heavy atom. The SMILES string of the molecule is CCOC(=O)C1=C(C)NC(=O)N[C@@H]1c1ccc(OCC(=O)N/N=C/c2ccc(OC(C)C)c(OCC)c2)c(OC)c1. The van der Waals surface area contributed by atoms with E-state index in [9.17, 15) is 14.4 Å². The quantitative estimate of drug-likeness (QED) is 0.189. The van der Waals surface area contributed by atoms with Crippen LogP contribution in [0.5, 0.6) is 23.0 Å². The summed E-state index contributed by atoms with van der Waals surface area (Å²) in [4.78, 5) is 37.1. The number of benzene rings is 2. The van der Waals surface area contributed by atoms with Crippen LogP contribution in [0.25, 0.3) is 0 Å². The van der Waals surface area contributed by atoms with Gasteiger partial charge in [0.05, 0.1) is 44.3 Å². The summed E-state index contributed by atoms with van der Waals surface area (Å²) in [5.41, 5.74) is 4.36. The number of ether oxygens (including phenoxy) is 5. The van der Waals surface area contributed by atoms with Crippen LogP contribution in [0.15, 0.2) is 52.8 Å². The van der Waals surface area contributed by atoms with E-state index in [1.807, 2.05) is 20.8 Å². The van der Waals surface area contributed by atoms with Crippen LogP contribution >= 0.6 is 0 Å². The fourth-order valence-corrected chi connectivity index (χ4v) is 3.99. The van der Waals surface area contributed by atoms with Crippen LogP contribution in [0.2, 0.25) is 0 Å². The average Bonchev–Trinajstić information content (AvgIpc) is 2.92. The highest BCUT2D eigenvalue weighted by atomic mass is 16.5. The highest BCUT2D eigenvalue weighted by Gasteiger charge is 2.32. The molecule has 12 heteroatoms. The maximum absolute atomic E-state index is 12.6. The summed E-state index contributed by atoms with van der Waals surface area (Å²) in [5, 5.41) is 9.31. The van der Waals surface area contributed by atoms with Gasteiger partial charge < -0.3 is 34.3 Å². The lowest BCUT2D eigenvalue weighted by molar-refractivity contribution is -0.139. The van der Waals surface area contributed by atoms with Crippen LogP contribution in [0.1, 0.15) is 51.8 Å². The van der Waals surface area contributed by atoms with Crippen LogP contribution in [-0.4, -0.2) is 57.2 Å². The second-order valence-corrected chi connectivity index (χ2v) is 9.09. The molecule has 0 aromatic heterocycles. The number of esters is 1. The normalized spacial score (nSPS) is 14.8. The number of rotatable bonds is 13. The van der Waals surface area contributed by atoms with Gasteiger partial charge in [0.15, 0.2) is 29.6 Å². The fourth-order valence-electron chi connectivity index (χ4n) is 3.99. The smallest absolute Gasteiger partial charge is 0.338 e. The van der Waals surface area contributed by atoms with Gasteiger partial charge in [-0.1, -0.05) is 6.07 Å².